The monoisotopic (exact) mass is 364 g/mol. The number of carbonyl (C=O) groups excluding carboxylic acids is 1. The Hall–Kier alpha value is -2.40. The molecule has 0 saturated carbocycles. The molecule has 1 aromatic heterocycles. The number of nitrogens with zero attached hydrogens (tertiary/aromatic N) is 3. The zero-order valence-electron chi connectivity index (χ0n) is 16.2. The van der Waals surface area contributed by atoms with Gasteiger partial charge in [0.25, 0.3) is 5.91 Å². The summed E-state index contributed by atoms with van der Waals surface area (Å²) in [4.78, 5) is 17.8. The van der Waals surface area contributed by atoms with E-state index in [-0.39, 0.29) is 5.91 Å². The maximum atomic E-state index is 13.1. The van der Waals surface area contributed by atoms with Crippen LogP contribution in [0.2, 0.25) is 0 Å². The lowest BCUT2D eigenvalue weighted by molar-refractivity contribution is 0.0740. The molecular formula is C22H28N4O. The molecule has 0 spiro atoms. The number of fused-ring (bicyclic) bond motifs is 4. The third kappa shape index (κ3) is 3.98. The number of allylic oxidation sites excluding steroid dienone is 1. The molecule has 3 fully saturated rings. The van der Waals surface area contributed by atoms with Gasteiger partial charge in [-0.25, -0.2) is 0 Å². The second kappa shape index (κ2) is 7.69. The van der Waals surface area contributed by atoms with Gasteiger partial charge in [-0.15, -0.1) is 0 Å². The first-order chi connectivity index (χ1) is 13.1. The molecule has 142 valence electrons. The van der Waals surface area contributed by atoms with E-state index < -0.39 is 0 Å². The quantitative estimate of drug-likeness (QED) is 0.844. The molecule has 2 aromatic rings. The Balaban J connectivity index is 1.47. The number of amides is 1. The van der Waals surface area contributed by atoms with E-state index in [1.54, 1.807) is 6.20 Å². The van der Waals surface area contributed by atoms with Gasteiger partial charge >= 0.3 is 0 Å². The third-order valence-electron chi connectivity index (χ3n) is 5.79. The van der Waals surface area contributed by atoms with E-state index in [1.807, 2.05) is 30.3 Å². The standard InChI is InChI=1S/C22H28N4O/c1-16(2)10-12-25-13-17-3-8-20(25)15-26(14-17)22(27)19-6-4-18(5-7-19)21-9-11-23-24-21/h4-7,9-11,17,20H,3,8,12-15H2,1-2H3,(H,23,24)/t17-,20-/m1/s1. The highest BCUT2D eigenvalue weighted by Crippen LogP contribution is 2.29. The number of rotatable bonds is 4. The number of hydrogen-bond donors (Lipinski definition) is 1. The number of aromatic nitrogens is 2. The van der Waals surface area contributed by atoms with Crippen molar-refractivity contribution in [1.29, 1.82) is 0 Å². The van der Waals surface area contributed by atoms with Crippen LogP contribution in [0.4, 0.5) is 0 Å². The fourth-order valence-electron chi connectivity index (χ4n) is 4.26. The van der Waals surface area contributed by atoms with Crippen molar-refractivity contribution in [2.24, 2.45) is 5.92 Å². The first-order valence-electron chi connectivity index (χ1n) is 9.86. The van der Waals surface area contributed by atoms with Crippen molar-refractivity contribution in [2.45, 2.75) is 32.7 Å². The minimum Gasteiger partial charge on any atom is -0.337 e. The van der Waals surface area contributed by atoms with Crippen LogP contribution >= 0.6 is 0 Å². The fourth-order valence-corrected chi connectivity index (χ4v) is 4.26. The normalized spacial score (nSPS) is 22.5. The molecule has 1 amide bonds. The lowest BCUT2D eigenvalue weighted by atomic mass is 9.95. The molecule has 5 nitrogen and oxygen atoms in total. The minimum atomic E-state index is 0.159. The van der Waals surface area contributed by atoms with Crippen LogP contribution in [0.25, 0.3) is 11.3 Å². The Kier molecular flexibility index (Phi) is 5.12. The molecule has 27 heavy (non-hydrogen) atoms. The van der Waals surface area contributed by atoms with Gasteiger partial charge in [-0.2, -0.15) is 5.10 Å². The minimum absolute atomic E-state index is 0.159. The summed E-state index contributed by atoms with van der Waals surface area (Å²) in [5.41, 5.74) is 4.15. The lowest BCUT2D eigenvalue weighted by Gasteiger charge is -2.35. The van der Waals surface area contributed by atoms with Crippen molar-refractivity contribution in [1.82, 2.24) is 20.0 Å². The van der Waals surface area contributed by atoms with Gasteiger partial charge in [0.2, 0.25) is 0 Å². The molecule has 3 aliphatic heterocycles. The van der Waals surface area contributed by atoms with Crippen molar-refractivity contribution in [2.75, 3.05) is 26.2 Å². The highest BCUT2D eigenvalue weighted by Gasteiger charge is 2.36. The second-order valence-corrected chi connectivity index (χ2v) is 8.09. The summed E-state index contributed by atoms with van der Waals surface area (Å²) in [5.74, 6) is 0.745. The topological polar surface area (TPSA) is 52.2 Å². The Bertz CT molecular complexity index is 805. The van der Waals surface area contributed by atoms with Crippen LogP contribution in [-0.2, 0) is 0 Å². The average molecular weight is 364 g/mol. The lowest BCUT2D eigenvalue weighted by Crippen LogP contribution is -2.44. The first kappa shape index (κ1) is 18.0. The predicted molar refractivity (Wildman–Crippen MR) is 107 cm³/mol. The van der Waals surface area contributed by atoms with Crippen molar-refractivity contribution in [3.8, 4) is 11.3 Å². The molecule has 0 aliphatic carbocycles. The number of hydrogen-bond acceptors (Lipinski definition) is 3. The molecule has 5 rings (SSSR count). The molecule has 0 radical (unpaired) electrons. The van der Waals surface area contributed by atoms with Crippen LogP contribution in [0.3, 0.4) is 0 Å². The second-order valence-electron chi connectivity index (χ2n) is 8.09. The SMILES string of the molecule is CC(C)=CCN1C[C@H]2CC[C@@H]1CN(C(=O)c1ccc(-c3ccn[nH]3)cc1)C2. The molecule has 2 atom stereocenters. The van der Waals surface area contributed by atoms with Gasteiger partial charge < -0.3 is 4.90 Å². The third-order valence-corrected chi connectivity index (χ3v) is 5.79. The van der Waals surface area contributed by atoms with Crippen molar-refractivity contribution in [3.05, 3.63) is 53.7 Å². The smallest absolute Gasteiger partial charge is 0.253 e. The van der Waals surface area contributed by atoms with Crippen molar-refractivity contribution >= 4 is 5.91 Å². The molecule has 5 heteroatoms. The van der Waals surface area contributed by atoms with Crippen molar-refractivity contribution in [3.63, 3.8) is 0 Å². The molecular weight excluding hydrogens is 336 g/mol. The van der Waals surface area contributed by atoms with E-state index >= 15 is 0 Å². The van der Waals surface area contributed by atoms with E-state index in [0.29, 0.717) is 12.0 Å². The first-order valence-corrected chi connectivity index (χ1v) is 9.86. The predicted octanol–water partition coefficient (Wildman–Crippen LogP) is 3.58. The van der Waals surface area contributed by atoms with E-state index in [4.69, 9.17) is 0 Å². The number of aromatic amines is 1. The zero-order chi connectivity index (χ0) is 18.8. The summed E-state index contributed by atoms with van der Waals surface area (Å²) in [6, 6.07) is 10.3. The number of benzene rings is 1. The largest absolute Gasteiger partial charge is 0.337 e. The van der Waals surface area contributed by atoms with E-state index in [9.17, 15) is 4.79 Å². The summed E-state index contributed by atoms with van der Waals surface area (Å²) in [6.45, 7) is 8.14. The highest BCUT2D eigenvalue weighted by molar-refractivity contribution is 5.94. The van der Waals surface area contributed by atoms with Gasteiger partial charge in [0.05, 0.1) is 5.69 Å². The Morgan fingerprint density at radius 3 is 2.67 bits per heavy atom. The van der Waals surface area contributed by atoms with Crippen molar-refractivity contribution < 1.29 is 4.79 Å². The molecule has 1 aromatic carbocycles. The summed E-state index contributed by atoms with van der Waals surface area (Å²) in [5, 5.41) is 6.95. The maximum Gasteiger partial charge on any atom is 0.253 e. The van der Waals surface area contributed by atoms with Gasteiger partial charge in [-0.05, 0) is 56.4 Å². The molecule has 0 unspecified atom stereocenters. The average Bonchev–Trinajstić information content (AvgIpc) is 3.06. The van der Waals surface area contributed by atoms with E-state index in [2.05, 4.69) is 39.9 Å². The molecule has 2 bridgehead atoms. The number of H-pyrrole nitrogens is 1. The van der Waals surface area contributed by atoms with Gasteiger partial charge in [0.1, 0.15) is 0 Å². The number of nitrogens with one attached hydrogen (secondary N) is 1. The summed E-state index contributed by atoms with van der Waals surface area (Å²) in [6.07, 6.45) is 6.48. The van der Waals surface area contributed by atoms with E-state index in [0.717, 1.165) is 43.0 Å². The van der Waals surface area contributed by atoms with Crippen LogP contribution in [0.1, 0.15) is 37.0 Å². The Labute approximate surface area is 161 Å². The van der Waals surface area contributed by atoms with Gasteiger partial charge in [0, 0.05) is 44.0 Å². The van der Waals surface area contributed by atoms with Crippen LogP contribution < -0.4 is 0 Å². The summed E-state index contributed by atoms with van der Waals surface area (Å²) in [7, 11) is 0. The summed E-state index contributed by atoms with van der Waals surface area (Å²) < 4.78 is 0. The molecule has 1 N–H and O–H groups in total. The van der Waals surface area contributed by atoms with Gasteiger partial charge in [-0.3, -0.25) is 14.8 Å². The van der Waals surface area contributed by atoms with Crippen LogP contribution in [0, 0.1) is 5.92 Å². The van der Waals surface area contributed by atoms with Crippen LogP contribution in [0.5, 0.6) is 0 Å². The van der Waals surface area contributed by atoms with Gasteiger partial charge in [-0.1, -0.05) is 23.8 Å². The van der Waals surface area contributed by atoms with E-state index in [1.165, 1.54) is 18.4 Å². The molecule has 3 aliphatic rings. The van der Waals surface area contributed by atoms with Crippen LogP contribution in [-0.4, -0.2) is 58.1 Å². The number of piperidine rings is 1. The highest BCUT2D eigenvalue weighted by atomic mass is 16.2. The maximum absolute atomic E-state index is 13.1. The van der Waals surface area contributed by atoms with Crippen LogP contribution in [0.15, 0.2) is 48.2 Å². The zero-order valence-corrected chi connectivity index (χ0v) is 16.2. The Morgan fingerprint density at radius 2 is 1.96 bits per heavy atom. The summed E-state index contributed by atoms with van der Waals surface area (Å²) >= 11 is 0. The van der Waals surface area contributed by atoms with Gasteiger partial charge in [0.15, 0.2) is 0 Å². The fraction of sp³-hybridized carbons (Fsp3) is 0.455. The molecule has 3 saturated heterocycles. The Morgan fingerprint density at radius 1 is 1.15 bits per heavy atom. The molecule has 4 heterocycles. The number of carbonyl (C=O) groups is 1.